The number of aryl methyl sites for hydroxylation is 2. The number of anilines is 2. The second-order valence-electron chi connectivity index (χ2n) is 18.8. The summed E-state index contributed by atoms with van der Waals surface area (Å²) in [5, 5.41) is 12.1. The Bertz CT molecular complexity index is 3830. The van der Waals surface area contributed by atoms with Gasteiger partial charge in [0.05, 0.1) is 49.8 Å². The fourth-order valence-corrected chi connectivity index (χ4v) is 9.74. The van der Waals surface area contributed by atoms with Crippen LogP contribution in [0.1, 0.15) is 74.5 Å². The quantitative estimate of drug-likeness (QED) is 0.0540. The molecule has 0 bridgehead atoms. The third-order valence-electron chi connectivity index (χ3n) is 13.4. The van der Waals surface area contributed by atoms with E-state index in [1.54, 1.807) is 51.6 Å². The first-order valence-corrected chi connectivity index (χ1v) is 25.5. The number of hydrogen-bond acceptors (Lipinski definition) is 5. The van der Waals surface area contributed by atoms with Gasteiger partial charge in [0.2, 0.25) is 0 Å². The molecular weight excluding hydrogens is 1140 g/mol. The van der Waals surface area contributed by atoms with Gasteiger partial charge in [0, 0.05) is 59.7 Å². The smallest absolute Gasteiger partial charge is 0.399 e. The Morgan fingerprint density at radius 2 is 0.988 bits per heavy atom. The molecule has 5 aromatic carbocycles. The molecule has 3 N–H and O–H groups in total. The minimum absolute atomic E-state index is 0.0296. The van der Waals surface area contributed by atoms with E-state index in [0.29, 0.717) is 54.0 Å². The minimum atomic E-state index is -4.51. The number of fused-ring (bicyclic) bond motifs is 3. The highest BCUT2D eigenvalue weighted by molar-refractivity contribution is 6.67. The summed E-state index contributed by atoms with van der Waals surface area (Å²) in [5.74, 6) is -5.53. The van der Waals surface area contributed by atoms with Crippen LogP contribution in [0.5, 0.6) is 0 Å². The number of nitro groups is 1. The zero-order chi connectivity index (χ0) is 60.1. The third-order valence-corrected chi connectivity index (χ3v) is 13.6. The number of alkyl halides is 9. The molecule has 10 nitrogen and oxygen atoms in total. The van der Waals surface area contributed by atoms with E-state index in [2.05, 4.69) is 5.32 Å². The number of benzene rings is 5. The van der Waals surface area contributed by atoms with E-state index in [1.165, 1.54) is 83.4 Å². The molecule has 0 radical (unpaired) electrons. The first-order chi connectivity index (χ1) is 39.2. The number of aromatic nitrogens is 3. The van der Waals surface area contributed by atoms with Crippen molar-refractivity contribution in [3.63, 3.8) is 0 Å². The van der Waals surface area contributed by atoms with Crippen molar-refractivity contribution >= 4 is 45.3 Å². The predicted octanol–water partition coefficient (Wildman–Crippen LogP) is 17.0. The van der Waals surface area contributed by atoms with E-state index in [9.17, 15) is 76.8 Å². The molecule has 1 amide bonds. The number of carbonyl (C=O) groups is 2. The van der Waals surface area contributed by atoms with E-state index in [4.69, 9.17) is 17.3 Å². The number of nitro benzene ring substituents is 1. The number of nitrogens with one attached hydrogen (secondary N) is 1. The van der Waals surface area contributed by atoms with Crippen molar-refractivity contribution in [2.75, 3.05) is 11.1 Å². The first-order valence-electron chi connectivity index (χ1n) is 25.1. The Labute approximate surface area is 468 Å². The molecule has 0 saturated carbocycles. The number of carbonyl (C=O) groups excluding carboxylic acids is 2. The molecule has 0 atom stereocenters. The highest BCUT2D eigenvalue weighted by Crippen LogP contribution is 2.44. The van der Waals surface area contributed by atoms with Crippen molar-refractivity contribution in [1.29, 1.82) is 0 Å². The maximum absolute atomic E-state index is 13.8. The molecule has 0 fully saturated rings. The highest BCUT2D eigenvalue weighted by atomic mass is 35.5. The molecule has 2 aliphatic heterocycles. The van der Waals surface area contributed by atoms with Crippen molar-refractivity contribution in [3.05, 3.63) is 224 Å². The first kappa shape index (κ1) is 60.2. The molecule has 6 heterocycles. The standard InChI is InChI=1S/C22H17F5N2O.C15H9F3N2O2.C15H15F3N2.C7H3ClF2O/c23-18-6-3-5-16(19(18)24)21(30)28-14-9-7-13(8-10-14)20-17(22(25,26)27)12-15-4-1-2-11-29(15)20;16-15(17,18)13-9-12-3-1-2-8-19(12)14(13)10-4-6-11(7-5-10)20(21)22;16-15(17,18)13-9-12-3-1-2-8-20(12)14(13)10-4-6-11(19)7-5-10;8-7(11)4-2-1-3-5(9)6(4)10/h3,5-10,12H,1-2,4,11H2,(H,28,30);1-9H;4-7,9H,1-3,8,19H2;1-3H. The molecule has 4 aromatic heterocycles. The molecule has 2 aliphatic rings. The lowest BCUT2D eigenvalue weighted by Gasteiger charge is -2.19. The van der Waals surface area contributed by atoms with E-state index in [0.717, 1.165) is 61.7 Å². The van der Waals surface area contributed by atoms with Gasteiger partial charge in [-0.15, -0.1) is 0 Å². The van der Waals surface area contributed by atoms with Gasteiger partial charge >= 0.3 is 18.5 Å². The monoisotopic (exact) mass is 1180 g/mol. The van der Waals surface area contributed by atoms with Crippen LogP contribution in [0.2, 0.25) is 0 Å². The van der Waals surface area contributed by atoms with Gasteiger partial charge in [0.1, 0.15) is 0 Å². The number of halogens is 14. The highest BCUT2D eigenvalue weighted by Gasteiger charge is 2.40. The maximum atomic E-state index is 13.8. The number of amides is 1. The maximum Gasteiger partial charge on any atom is 0.418 e. The van der Waals surface area contributed by atoms with Crippen LogP contribution in [0.3, 0.4) is 0 Å². The summed E-state index contributed by atoms with van der Waals surface area (Å²) in [7, 11) is 0. The largest absolute Gasteiger partial charge is 0.418 e. The van der Waals surface area contributed by atoms with Crippen molar-refractivity contribution in [2.45, 2.75) is 70.1 Å². The summed E-state index contributed by atoms with van der Waals surface area (Å²) in [4.78, 5) is 32.6. The van der Waals surface area contributed by atoms with Gasteiger partial charge in [-0.25, -0.2) is 17.6 Å². The second kappa shape index (κ2) is 24.7. The Morgan fingerprint density at radius 1 is 0.542 bits per heavy atom. The molecule has 0 unspecified atom stereocenters. The van der Waals surface area contributed by atoms with E-state index in [-0.39, 0.29) is 34.0 Å². The van der Waals surface area contributed by atoms with Gasteiger partial charge in [-0.2, -0.15) is 39.5 Å². The van der Waals surface area contributed by atoms with Crippen LogP contribution in [0.4, 0.5) is 74.1 Å². The van der Waals surface area contributed by atoms with Gasteiger partial charge in [0.25, 0.3) is 16.8 Å². The number of nitrogens with zero attached hydrogens (tertiary/aromatic N) is 4. The molecule has 432 valence electrons. The van der Waals surface area contributed by atoms with Crippen molar-refractivity contribution in [3.8, 4) is 33.8 Å². The van der Waals surface area contributed by atoms with Gasteiger partial charge in [0.15, 0.2) is 23.3 Å². The lowest BCUT2D eigenvalue weighted by atomic mass is 10.1. The average Bonchev–Trinajstić information content (AvgIpc) is 2.46. The Morgan fingerprint density at radius 3 is 1.46 bits per heavy atom. The van der Waals surface area contributed by atoms with E-state index < -0.39 is 85.7 Å². The second-order valence-corrected chi connectivity index (χ2v) is 19.2. The number of hydrogen-bond donors (Lipinski definition) is 2. The molecule has 83 heavy (non-hydrogen) atoms. The van der Waals surface area contributed by atoms with Crippen molar-refractivity contribution < 1.29 is 71.6 Å². The zero-order valence-corrected chi connectivity index (χ0v) is 43.6. The zero-order valence-electron chi connectivity index (χ0n) is 42.9. The Kier molecular flexibility index (Phi) is 17.9. The number of pyridine rings is 1. The van der Waals surface area contributed by atoms with Gasteiger partial charge in [-0.05, 0) is 158 Å². The summed E-state index contributed by atoms with van der Waals surface area (Å²) in [5.41, 5.74) is 6.74. The van der Waals surface area contributed by atoms with Crippen LogP contribution < -0.4 is 11.1 Å². The SMILES string of the molecule is Nc1ccc(-c2c(C(F)(F)F)cc3n2CCCC3)cc1.O=C(Cl)c1cccc(F)c1F.O=C(Nc1ccc(-c2c(C(F)(F)F)cc3n2CCCC3)cc1)c1cccc(F)c1F.O=[N+]([O-])c1ccc(-c2c(C(F)(F)F)cc3ccccn23)cc1. The summed E-state index contributed by atoms with van der Waals surface area (Å²) < 4.78 is 177. The molecular formula is C59H44ClF13N6O4. The molecule has 0 spiro atoms. The summed E-state index contributed by atoms with van der Waals surface area (Å²) in [6.45, 7) is 1.16. The van der Waals surface area contributed by atoms with E-state index >= 15 is 0 Å². The molecule has 11 rings (SSSR count). The van der Waals surface area contributed by atoms with Gasteiger partial charge in [-0.1, -0.05) is 42.5 Å². The number of non-ortho nitro benzene ring substituents is 1. The number of nitrogens with two attached hydrogens (primary N) is 1. The molecule has 0 saturated heterocycles. The third kappa shape index (κ3) is 13.7. The molecule has 24 heteroatoms. The topological polar surface area (TPSA) is 130 Å². The summed E-state index contributed by atoms with van der Waals surface area (Å²) >= 11 is 4.93. The van der Waals surface area contributed by atoms with Crippen LogP contribution in [0, 0.1) is 33.4 Å². The summed E-state index contributed by atoms with van der Waals surface area (Å²) in [6.07, 6.45) is -6.98. The lowest BCUT2D eigenvalue weighted by molar-refractivity contribution is -0.384. The van der Waals surface area contributed by atoms with E-state index in [1.807, 2.05) is 0 Å². The molecule has 9 aromatic rings. The molecule has 0 aliphatic carbocycles. The van der Waals surface area contributed by atoms with Crippen LogP contribution in [0.25, 0.3) is 39.3 Å². The Balaban J connectivity index is 0.000000152. The Hall–Kier alpha value is -8.86. The normalized spacial score (nSPS) is 13.0. The predicted molar refractivity (Wildman–Crippen MR) is 285 cm³/mol. The van der Waals surface area contributed by atoms with Crippen LogP contribution >= 0.6 is 11.6 Å². The lowest BCUT2D eigenvalue weighted by Crippen LogP contribution is -2.14. The van der Waals surface area contributed by atoms with Crippen LogP contribution in [-0.4, -0.2) is 29.6 Å². The van der Waals surface area contributed by atoms with Crippen LogP contribution in [0.15, 0.2) is 152 Å². The summed E-state index contributed by atoms with van der Waals surface area (Å²) in [6, 6.07) is 32.4. The number of nitrogen functional groups attached to an aromatic ring is 1. The van der Waals surface area contributed by atoms with Crippen LogP contribution in [-0.2, 0) is 44.5 Å². The number of rotatable bonds is 7. The van der Waals surface area contributed by atoms with Gasteiger partial charge in [-0.3, -0.25) is 19.7 Å². The van der Waals surface area contributed by atoms with Crippen molar-refractivity contribution in [2.24, 2.45) is 0 Å². The van der Waals surface area contributed by atoms with Crippen molar-refractivity contribution in [1.82, 2.24) is 13.5 Å². The minimum Gasteiger partial charge on any atom is -0.399 e. The fraction of sp³-hybridized carbons (Fsp3) is 0.186. The van der Waals surface area contributed by atoms with Gasteiger partial charge < -0.3 is 24.6 Å². The fourth-order valence-electron chi connectivity index (χ4n) is 9.60. The average molecular weight is 1180 g/mol.